The quantitative estimate of drug-likeness (QED) is 0.838. The van der Waals surface area contributed by atoms with Crippen LogP contribution in [0.3, 0.4) is 0 Å². The second-order valence-corrected chi connectivity index (χ2v) is 4.61. The number of nitrogens with zero attached hydrogens (tertiary/aromatic N) is 2. The van der Waals surface area contributed by atoms with Gasteiger partial charge < -0.3 is 10.1 Å². The van der Waals surface area contributed by atoms with Crippen LogP contribution in [0.15, 0.2) is 12.4 Å². The van der Waals surface area contributed by atoms with Crippen LogP contribution in [0.1, 0.15) is 31.9 Å². The summed E-state index contributed by atoms with van der Waals surface area (Å²) in [7, 11) is 0. The summed E-state index contributed by atoms with van der Waals surface area (Å²) in [6, 6.07) is 1.94. The summed E-state index contributed by atoms with van der Waals surface area (Å²) >= 11 is 0. The van der Waals surface area contributed by atoms with Crippen molar-refractivity contribution in [2.24, 2.45) is 5.92 Å². The van der Waals surface area contributed by atoms with E-state index >= 15 is 0 Å². The molecular formula is C12H19N3O. The first kappa shape index (κ1) is 11.3. The minimum Gasteiger partial charge on any atom is -0.477 e. The van der Waals surface area contributed by atoms with Crippen molar-refractivity contribution in [2.45, 2.75) is 26.2 Å². The molecule has 2 heterocycles. The first-order chi connectivity index (χ1) is 7.75. The summed E-state index contributed by atoms with van der Waals surface area (Å²) in [5.74, 6) is 1.74. The molecule has 88 valence electrons. The van der Waals surface area contributed by atoms with Gasteiger partial charge >= 0.3 is 0 Å². The molecule has 1 aliphatic heterocycles. The average molecular weight is 221 g/mol. The highest BCUT2D eigenvalue weighted by Gasteiger charge is 2.15. The molecule has 1 unspecified atom stereocenters. The van der Waals surface area contributed by atoms with Gasteiger partial charge in [-0.2, -0.15) is 0 Å². The second kappa shape index (κ2) is 5.25. The number of ether oxygens (including phenoxy) is 1. The van der Waals surface area contributed by atoms with Crippen LogP contribution in [0.5, 0.6) is 5.88 Å². The van der Waals surface area contributed by atoms with Gasteiger partial charge in [0.15, 0.2) is 0 Å². The maximum Gasteiger partial charge on any atom is 0.216 e. The van der Waals surface area contributed by atoms with E-state index in [2.05, 4.69) is 29.1 Å². The Bertz CT molecular complexity index is 335. The van der Waals surface area contributed by atoms with Gasteiger partial charge in [-0.15, -0.1) is 0 Å². The Morgan fingerprint density at radius 1 is 1.50 bits per heavy atom. The molecule has 1 atom stereocenters. The molecule has 1 aromatic heterocycles. The molecule has 0 spiro atoms. The number of rotatable bonds is 4. The molecule has 0 saturated carbocycles. The molecule has 0 radical (unpaired) electrons. The lowest BCUT2D eigenvalue weighted by molar-refractivity contribution is 0.250. The maximum atomic E-state index is 5.69. The van der Waals surface area contributed by atoms with Crippen molar-refractivity contribution in [3.05, 3.63) is 18.1 Å². The van der Waals surface area contributed by atoms with Crippen molar-refractivity contribution < 1.29 is 4.74 Å². The van der Waals surface area contributed by atoms with Gasteiger partial charge in [-0.1, -0.05) is 13.8 Å². The van der Waals surface area contributed by atoms with E-state index < -0.39 is 0 Å². The van der Waals surface area contributed by atoms with Crippen LogP contribution in [0.2, 0.25) is 0 Å². The Morgan fingerprint density at radius 3 is 3.06 bits per heavy atom. The van der Waals surface area contributed by atoms with E-state index in [4.69, 9.17) is 4.74 Å². The van der Waals surface area contributed by atoms with Gasteiger partial charge in [-0.05, 0) is 18.9 Å². The molecule has 4 heteroatoms. The highest BCUT2D eigenvalue weighted by Crippen LogP contribution is 2.16. The molecule has 1 aromatic rings. The largest absolute Gasteiger partial charge is 0.477 e. The molecule has 1 N–H and O–H groups in total. The fourth-order valence-corrected chi connectivity index (χ4v) is 1.81. The van der Waals surface area contributed by atoms with Crippen molar-refractivity contribution in [3.8, 4) is 5.88 Å². The third-order valence-electron chi connectivity index (χ3n) is 2.88. The van der Waals surface area contributed by atoms with Gasteiger partial charge in [0.1, 0.15) is 6.33 Å². The standard InChI is InChI=1S/C12H19N3O/c1-9(2)11-5-12(15-8-14-11)16-7-10-3-4-13-6-10/h5,8-10,13H,3-4,6-7H2,1-2H3. The lowest BCUT2D eigenvalue weighted by Crippen LogP contribution is -2.16. The minimum atomic E-state index is 0.415. The summed E-state index contributed by atoms with van der Waals surface area (Å²) < 4.78 is 5.69. The van der Waals surface area contributed by atoms with E-state index in [0.29, 0.717) is 17.7 Å². The van der Waals surface area contributed by atoms with Crippen molar-refractivity contribution >= 4 is 0 Å². The van der Waals surface area contributed by atoms with E-state index in [1.165, 1.54) is 6.42 Å². The lowest BCUT2D eigenvalue weighted by Gasteiger charge is -2.11. The van der Waals surface area contributed by atoms with E-state index in [0.717, 1.165) is 25.4 Å². The van der Waals surface area contributed by atoms with Crippen LogP contribution in [0.25, 0.3) is 0 Å². The van der Waals surface area contributed by atoms with E-state index in [9.17, 15) is 0 Å². The highest BCUT2D eigenvalue weighted by atomic mass is 16.5. The van der Waals surface area contributed by atoms with E-state index in [-0.39, 0.29) is 0 Å². The van der Waals surface area contributed by atoms with Gasteiger partial charge in [0.05, 0.1) is 12.3 Å². The molecule has 0 amide bonds. The number of hydrogen-bond donors (Lipinski definition) is 1. The maximum absolute atomic E-state index is 5.69. The van der Waals surface area contributed by atoms with E-state index in [1.807, 2.05) is 6.07 Å². The highest BCUT2D eigenvalue weighted by molar-refractivity contribution is 5.15. The summed E-state index contributed by atoms with van der Waals surface area (Å²) in [5, 5.41) is 3.33. The summed E-state index contributed by atoms with van der Waals surface area (Å²) in [5.41, 5.74) is 1.04. The molecule has 1 fully saturated rings. The molecule has 1 aliphatic rings. The average Bonchev–Trinajstić information content (AvgIpc) is 2.79. The fourth-order valence-electron chi connectivity index (χ4n) is 1.81. The predicted octanol–water partition coefficient (Wildman–Crippen LogP) is 1.59. The lowest BCUT2D eigenvalue weighted by atomic mass is 10.1. The van der Waals surface area contributed by atoms with Crippen LogP contribution in [0.4, 0.5) is 0 Å². The van der Waals surface area contributed by atoms with Crippen LogP contribution >= 0.6 is 0 Å². The van der Waals surface area contributed by atoms with Gasteiger partial charge in [-0.3, -0.25) is 0 Å². The van der Waals surface area contributed by atoms with Crippen LogP contribution in [0, 0.1) is 5.92 Å². The summed E-state index contributed by atoms with van der Waals surface area (Å²) in [4.78, 5) is 8.34. The fraction of sp³-hybridized carbons (Fsp3) is 0.667. The first-order valence-corrected chi connectivity index (χ1v) is 5.91. The van der Waals surface area contributed by atoms with Gasteiger partial charge in [-0.25, -0.2) is 9.97 Å². The SMILES string of the molecule is CC(C)c1cc(OCC2CCNC2)ncn1. The Kier molecular flexibility index (Phi) is 3.72. The van der Waals surface area contributed by atoms with Crippen molar-refractivity contribution in [1.29, 1.82) is 0 Å². The third-order valence-corrected chi connectivity index (χ3v) is 2.88. The third kappa shape index (κ3) is 2.92. The molecule has 2 rings (SSSR count). The number of aromatic nitrogens is 2. The Hall–Kier alpha value is -1.16. The number of hydrogen-bond acceptors (Lipinski definition) is 4. The first-order valence-electron chi connectivity index (χ1n) is 5.91. The van der Waals surface area contributed by atoms with Crippen molar-refractivity contribution in [1.82, 2.24) is 15.3 Å². The van der Waals surface area contributed by atoms with E-state index in [1.54, 1.807) is 6.33 Å². The minimum absolute atomic E-state index is 0.415. The summed E-state index contributed by atoms with van der Waals surface area (Å²) in [6.45, 7) is 7.15. The molecule has 4 nitrogen and oxygen atoms in total. The molecule has 0 aliphatic carbocycles. The molecular weight excluding hydrogens is 202 g/mol. The molecule has 16 heavy (non-hydrogen) atoms. The Labute approximate surface area is 96.4 Å². The van der Waals surface area contributed by atoms with Crippen molar-refractivity contribution in [3.63, 3.8) is 0 Å². The van der Waals surface area contributed by atoms with Crippen LogP contribution < -0.4 is 10.1 Å². The molecule has 1 saturated heterocycles. The summed E-state index contributed by atoms with van der Waals surface area (Å²) in [6.07, 6.45) is 2.78. The topological polar surface area (TPSA) is 47.0 Å². The van der Waals surface area contributed by atoms with Gasteiger partial charge in [0.2, 0.25) is 5.88 Å². The molecule has 0 bridgehead atoms. The van der Waals surface area contributed by atoms with Gasteiger partial charge in [0, 0.05) is 18.5 Å². The zero-order valence-electron chi connectivity index (χ0n) is 9.94. The van der Waals surface area contributed by atoms with Crippen LogP contribution in [-0.4, -0.2) is 29.7 Å². The second-order valence-electron chi connectivity index (χ2n) is 4.61. The normalized spacial score (nSPS) is 20.3. The zero-order chi connectivity index (χ0) is 11.4. The smallest absolute Gasteiger partial charge is 0.216 e. The molecule has 0 aromatic carbocycles. The zero-order valence-corrected chi connectivity index (χ0v) is 9.94. The monoisotopic (exact) mass is 221 g/mol. The predicted molar refractivity (Wildman–Crippen MR) is 62.6 cm³/mol. The number of nitrogens with one attached hydrogen (secondary N) is 1. The van der Waals surface area contributed by atoms with Crippen molar-refractivity contribution in [2.75, 3.05) is 19.7 Å². The Morgan fingerprint density at radius 2 is 2.38 bits per heavy atom. The Balaban J connectivity index is 1.90. The van der Waals surface area contributed by atoms with Crippen LogP contribution in [-0.2, 0) is 0 Å². The van der Waals surface area contributed by atoms with Gasteiger partial charge in [0.25, 0.3) is 0 Å².